The van der Waals surface area contributed by atoms with E-state index in [-0.39, 0.29) is 43.7 Å². The van der Waals surface area contributed by atoms with Crippen molar-refractivity contribution in [3.63, 3.8) is 0 Å². The van der Waals surface area contributed by atoms with Crippen LogP contribution in [0.15, 0.2) is 119 Å². The molecule has 2 aliphatic heterocycles. The molecule has 3 heterocycles. The molecule has 0 saturated carbocycles. The molecule has 2 fully saturated rings. The van der Waals surface area contributed by atoms with E-state index in [4.69, 9.17) is 32.7 Å². The number of H-pyrrole nitrogens is 1. The van der Waals surface area contributed by atoms with Crippen LogP contribution in [0.3, 0.4) is 0 Å². The van der Waals surface area contributed by atoms with Crippen molar-refractivity contribution in [1.82, 2.24) is 19.1 Å². The minimum Gasteiger partial charge on any atom is -0.497 e. The van der Waals surface area contributed by atoms with E-state index in [1.54, 1.807) is 62.1 Å². The molecule has 16 heteroatoms. The van der Waals surface area contributed by atoms with Gasteiger partial charge >= 0.3 is 13.4 Å². The van der Waals surface area contributed by atoms with Crippen LogP contribution in [0.25, 0.3) is 0 Å². The summed E-state index contributed by atoms with van der Waals surface area (Å²) in [4.78, 5) is 43.9. The molecule has 352 valence electrons. The SMILES string of the molecule is COc1ccc(C(=O)N2CCC[C@H]2COP(=O)(O[C@H]2C[C@H](n3cc(C)c(=O)[nH]c3=O)O[C@@H]2COC(c2ccccc2)(c2ccc(OC)cc2)c2ccc(OC)cc2)N(C(C)C)C(C)C)cc1. The standard InChI is InChI=1S/C50H61N4O11P/c1-33(2)54(34(3)4)66(58,63-31-40-15-12-28-52(40)48(56)36-16-22-41(59-6)23-17-36)65-44-29-46(53-30-35(5)47(55)51-49(53)57)64-45(44)32-62-50(37-13-10-9-11-14-37,38-18-24-42(60-7)25-19-38)39-20-26-43(61-8)27-21-39/h9-11,13-14,16-27,30,33-34,40,44-46H,12,15,28-29,31-32H2,1-8H3,(H,51,55,57)/t40-,44-,45+,46+,66?/m0/s1. The van der Waals surface area contributed by atoms with Crippen molar-refractivity contribution in [3.05, 3.63) is 158 Å². The van der Waals surface area contributed by atoms with Gasteiger partial charge in [-0.15, -0.1) is 0 Å². The highest BCUT2D eigenvalue weighted by Crippen LogP contribution is 2.58. The first-order chi connectivity index (χ1) is 31.7. The average molecular weight is 925 g/mol. The molecule has 1 amide bonds. The number of carbonyl (C=O) groups is 1. The van der Waals surface area contributed by atoms with E-state index in [9.17, 15) is 14.4 Å². The Bertz CT molecular complexity index is 2510. The van der Waals surface area contributed by atoms with Gasteiger partial charge < -0.3 is 28.6 Å². The van der Waals surface area contributed by atoms with Gasteiger partial charge in [-0.1, -0.05) is 54.6 Å². The summed E-state index contributed by atoms with van der Waals surface area (Å²) in [5.41, 5.74) is 0.762. The van der Waals surface area contributed by atoms with Crippen LogP contribution >= 0.6 is 7.75 Å². The van der Waals surface area contributed by atoms with Gasteiger partial charge in [0.25, 0.3) is 11.5 Å². The maximum absolute atomic E-state index is 15.8. The number of benzene rings is 4. The van der Waals surface area contributed by atoms with E-state index in [0.29, 0.717) is 41.3 Å². The largest absolute Gasteiger partial charge is 0.497 e. The van der Waals surface area contributed by atoms with Crippen molar-refractivity contribution >= 4 is 13.7 Å². The smallest absolute Gasteiger partial charge is 0.409 e. The van der Waals surface area contributed by atoms with Gasteiger partial charge in [0.2, 0.25) is 0 Å². The number of amides is 1. The molecule has 0 spiro atoms. The number of methoxy groups -OCH3 is 3. The summed E-state index contributed by atoms with van der Waals surface area (Å²) >= 11 is 0. The number of hydrogen-bond donors (Lipinski definition) is 1. The lowest BCUT2D eigenvalue weighted by molar-refractivity contribution is -0.0940. The normalized spacial score (nSPS) is 19.7. The zero-order valence-corrected chi connectivity index (χ0v) is 39.8. The van der Waals surface area contributed by atoms with Crippen molar-refractivity contribution in [2.75, 3.05) is 41.1 Å². The Morgan fingerprint density at radius 1 is 0.803 bits per heavy atom. The van der Waals surface area contributed by atoms with Crippen LogP contribution in [0, 0.1) is 6.92 Å². The minimum absolute atomic E-state index is 0.0473. The zero-order valence-electron chi connectivity index (χ0n) is 38.9. The van der Waals surface area contributed by atoms with Gasteiger partial charge in [0.15, 0.2) is 0 Å². The fourth-order valence-electron chi connectivity index (χ4n) is 9.05. The maximum atomic E-state index is 15.8. The second kappa shape index (κ2) is 21.0. The van der Waals surface area contributed by atoms with Crippen LogP contribution in [0.2, 0.25) is 0 Å². The lowest BCUT2D eigenvalue weighted by Crippen LogP contribution is -2.42. The Labute approximate surface area is 386 Å². The van der Waals surface area contributed by atoms with Crippen molar-refractivity contribution < 1.29 is 42.1 Å². The molecule has 0 aliphatic carbocycles. The van der Waals surface area contributed by atoms with Crippen molar-refractivity contribution in [1.29, 1.82) is 0 Å². The van der Waals surface area contributed by atoms with Crippen LogP contribution in [0.4, 0.5) is 0 Å². The summed E-state index contributed by atoms with van der Waals surface area (Å²) in [5, 5.41) is 0. The van der Waals surface area contributed by atoms with Crippen LogP contribution in [0.1, 0.15) is 85.8 Å². The van der Waals surface area contributed by atoms with Crippen LogP contribution in [0.5, 0.6) is 17.2 Å². The number of aryl methyl sites for hydroxylation is 1. The quantitative estimate of drug-likeness (QED) is 0.0627. The monoisotopic (exact) mass is 924 g/mol. The summed E-state index contributed by atoms with van der Waals surface area (Å²) in [7, 11) is 0.534. The molecule has 1 unspecified atom stereocenters. The molecule has 2 aliphatic rings. The van der Waals surface area contributed by atoms with Crippen molar-refractivity contribution in [2.45, 2.75) is 96.0 Å². The average Bonchev–Trinajstić information content (AvgIpc) is 3.96. The zero-order chi connectivity index (χ0) is 47.2. The van der Waals surface area contributed by atoms with E-state index in [2.05, 4.69) is 4.98 Å². The van der Waals surface area contributed by atoms with E-state index < -0.39 is 43.0 Å². The topological polar surface area (TPSA) is 160 Å². The fraction of sp³-hybridized carbons (Fsp3) is 0.420. The van der Waals surface area contributed by atoms with Crippen molar-refractivity contribution in [2.24, 2.45) is 0 Å². The van der Waals surface area contributed by atoms with E-state index in [0.717, 1.165) is 23.1 Å². The predicted molar refractivity (Wildman–Crippen MR) is 250 cm³/mol. The Balaban J connectivity index is 1.27. The summed E-state index contributed by atoms with van der Waals surface area (Å²) in [6, 6.07) is 31.0. The lowest BCUT2D eigenvalue weighted by atomic mass is 9.80. The van der Waals surface area contributed by atoms with E-state index in [1.807, 2.05) is 107 Å². The van der Waals surface area contributed by atoms with Crippen LogP contribution in [-0.4, -0.2) is 96.4 Å². The third-order valence-corrected chi connectivity index (χ3v) is 14.8. The number of ether oxygens (including phenoxy) is 5. The van der Waals surface area contributed by atoms with Gasteiger partial charge in [-0.25, -0.2) is 14.0 Å². The highest BCUT2D eigenvalue weighted by molar-refractivity contribution is 7.51. The predicted octanol–water partition coefficient (Wildman–Crippen LogP) is 8.10. The van der Waals surface area contributed by atoms with Crippen LogP contribution in [-0.2, 0) is 28.7 Å². The number of rotatable bonds is 19. The second-order valence-electron chi connectivity index (χ2n) is 17.2. The molecule has 7 rings (SSSR count). The Kier molecular flexibility index (Phi) is 15.4. The van der Waals surface area contributed by atoms with Gasteiger partial charge in [0.05, 0.1) is 40.6 Å². The third kappa shape index (κ3) is 10.2. The van der Waals surface area contributed by atoms with Gasteiger partial charge in [0.1, 0.15) is 41.3 Å². The molecular formula is C50H61N4O11P. The van der Waals surface area contributed by atoms with Gasteiger partial charge in [-0.05, 0) is 113 Å². The maximum Gasteiger partial charge on any atom is 0.409 e. The number of aromatic amines is 1. The fourth-order valence-corrected chi connectivity index (χ4v) is 11.4. The molecule has 15 nitrogen and oxygen atoms in total. The molecule has 4 aromatic carbocycles. The molecule has 1 N–H and O–H groups in total. The Morgan fingerprint density at radius 3 is 1.89 bits per heavy atom. The summed E-state index contributed by atoms with van der Waals surface area (Å²) in [5.74, 6) is 1.80. The van der Waals surface area contributed by atoms with E-state index in [1.165, 1.54) is 10.8 Å². The molecule has 2 saturated heterocycles. The second-order valence-corrected chi connectivity index (χ2v) is 19.0. The number of nitrogens with one attached hydrogen (secondary N) is 1. The molecular weight excluding hydrogens is 864 g/mol. The molecule has 66 heavy (non-hydrogen) atoms. The number of carbonyl (C=O) groups excluding carboxylic acids is 1. The number of hydrogen-bond acceptors (Lipinski definition) is 11. The van der Waals surface area contributed by atoms with Gasteiger partial charge in [-0.2, -0.15) is 0 Å². The van der Waals surface area contributed by atoms with E-state index >= 15 is 4.57 Å². The minimum atomic E-state index is -4.25. The number of aromatic nitrogens is 2. The first kappa shape index (κ1) is 48.4. The molecule has 5 atom stereocenters. The first-order valence-corrected chi connectivity index (χ1v) is 23.8. The van der Waals surface area contributed by atoms with Gasteiger partial charge in [-0.3, -0.25) is 28.2 Å². The third-order valence-electron chi connectivity index (χ3n) is 12.3. The highest BCUT2D eigenvalue weighted by Gasteiger charge is 2.49. The number of likely N-dealkylation sites (tertiary alicyclic amines) is 1. The molecule has 5 aromatic rings. The molecule has 0 radical (unpaired) electrons. The molecule has 0 bridgehead atoms. The molecule has 1 aromatic heterocycles. The summed E-state index contributed by atoms with van der Waals surface area (Å²) < 4.78 is 62.7. The lowest BCUT2D eigenvalue weighted by Gasteiger charge is -2.39. The Hall–Kier alpha value is -5.54. The van der Waals surface area contributed by atoms with Gasteiger partial charge in [0, 0.05) is 42.4 Å². The van der Waals surface area contributed by atoms with Crippen molar-refractivity contribution in [3.8, 4) is 17.2 Å². The van der Waals surface area contributed by atoms with Crippen LogP contribution < -0.4 is 25.5 Å². The summed E-state index contributed by atoms with van der Waals surface area (Å²) in [6.07, 6.45) is 0.0259. The highest BCUT2D eigenvalue weighted by atomic mass is 31.2. The number of nitrogens with zero attached hydrogens (tertiary/aromatic N) is 3. The first-order valence-electron chi connectivity index (χ1n) is 22.3. The Morgan fingerprint density at radius 2 is 1.35 bits per heavy atom. The summed E-state index contributed by atoms with van der Waals surface area (Å²) in [6.45, 7) is 9.62.